The largest absolute Gasteiger partial charge is 0.469 e. The fraction of sp³-hybridized carbons (Fsp3) is 0.400. The lowest BCUT2D eigenvalue weighted by Crippen LogP contribution is -2.41. The summed E-state index contributed by atoms with van der Waals surface area (Å²) < 4.78 is 18.7. The monoisotopic (exact) mass is 677 g/mol. The maximum atomic E-state index is 14.0. The van der Waals surface area contributed by atoms with Gasteiger partial charge in [-0.2, -0.15) is 0 Å². The van der Waals surface area contributed by atoms with E-state index in [0.29, 0.717) is 5.75 Å². The Balaban J connectivity index is 1.50. The zero-order valence-electron chi connectivity index (χ0n) is 29.4. The van der Waals surface area contributed by atoms with Crippen LogP contribution in [0.3, 0.4) is 0 Å². The smallest absolute Gasteiger partial charge is 0.360 e. The van der Waals surface area contributed by atoms with Crippen LogP contribution >= 0.6 is 0 Å². The van der Waals surface area contributed by atoms with E-state index in [0.717, 1.165) is 44.6 Å². The minimum absolute atomic E-state index is 0.00703. The Labute approximate surface area is 291 Å². The van der Waals surface area contributed by atoms with E-state index < -0.39 is 41.5 Å². The molecule has 3 aromatic carbocycles. The van der Waals surface area contributed by atoms with E-state index in [1.54, 1.807) is 13.8 Å². The van der Waals surface area contributed by atoms with Crippen LogP contribution in [0.15, 0.2) is 59.0 Å². The zero-order valence-corrected chi connectivity index (χ0v) is 29.4. The van der Waals surface area contributed by atoms with Crippen molar-refractivity contribution in [2.75, 3.05) is 12.4 Å². The minimum Gasteiger partial charge on any atom is -0.469 e. The number of Topliss-reactive ketones (excluding diaryl/α,β-unsaturated/α-hetero) is 1. The first-order valence-corrected chi connectivity index (χ1v) is 17.2. The van der Waals surface area contributed by atoms with Crippen LogP contribution in [0, 0.1) is 31.6 Å². The van der Waals surface area contributed by atoms with Gasteiger partial charge in [-0.15, -0.1) is 0 Å². The number of hydrogen-bond donors (Lipinski definition) is 3. The number of aryl methyl sites for hydroxylation is 2. The second-order valence-electron chi connectivity index (χ2n) is 14.5. The topological polar surface area (TPSA) is 140 Å². The third kappa shape index (κ3) is 5.11. The fourth-order valence-corrected chi connectivity index (χ4v) is 7.91. The predicted molar refractivity (Wildman–Crippen MR) is 187 cm³/mol. The molecule has 3 aliphatic heterocycles. The number of esters is 1. The molecule has 0 radical (unpaired) electrons. The van der Waals surface area contributed by atoms with E-state index in [4.69, 9.17) is 18.9 Å². The number of anilines is 1. The van der Waals surface area contributed by atoms with Crippen LogP contribution in [0.4, 0.5) is 5.69 Å². The summed E-state index contributed by atoms with van der Waals surface area (Å²) in [5.41, 5.74) is 6.38. The third-order valence-electron chi connectivity index (χ3n) is 10.5. The van der Waals surface area contributed by atoms with Crippen molar-refractivity contribution in [1.29, 1.82) is 0 Å². The number of ether oxygens (including phenoxy) is 2. The van der Waals surface area contributed by atoms with Gasteiger partial charge in [-0.25, -0.2) is 9.78 Å². The summed E-state index contributed by atoms with van der Waals surface area (Å²) in [5, 5.41) is 17.4. The minimum atomic E-state index is -1.19. The van der Waals surface area contributed by atoms with Gasteiger partial charge in [0.25, 0.3) is 0 Å². The Morgan fingerprint density at radius 1 is 1.02 bits per heavy atom. The van der Waals surface area contributed by atoms with Crippen molar-refractivity contribution in [3.63, 3.8) is 0 Å². The SMILES string of the molecule is COC(=O)c1nc2oc1C13c4cc(ccc4O[C@@H]1Nc1c(-c4c(C)cccc4C)cccc13)CC(CC(=O)[C@@H](O)C(C)C)C(=O)N[C@H]2C(C)C. The Morgan fingerprint density at radius 3 is 2.42 bits per heavy atom. The molecule has 0 saturated carbocycles. The molecule has 50 heavy (non-hydrogen) atoms. The number of aliphatic hydroxyl groups excluding tert-OH is 1. The van der Waals surface area contributed by atoms with E-state index in [1.807, 2.05) is 50.2 Å². The first-order chi connectivity index (χ1) is 23.9. The molecule has 0 aliphatic carbocycles. The number of hydrogen-bond acceptors (Lipinski definition) is 9. The molecule has 1 aromatic heterocycles. The summed E-state index contributed by atoms with van der Waals surface area (Å²) in [5.74, 6) is -1.73. The van der Waals surface area contributed by atoms with Crippen molar-refractivity contribution in [3.8, 4) is 16.9 Å². The lowest BCUT2D eigenvalue weighted by molar-refractivity contribution is -0.135. The number of benzene rings is 3. The number of rotatable bonds is 7. The van der Waals surface area contributed by atoms with Gasteiger partial charge in [0.15, 0.2) is 23.5 Å². The molecule has 0 fully saturated rings. The van der Waals surface area contributed by atoms with Gasteiger partial charge in [-0.1, -0.05) is 76.2 Å². The van der Waals surface area contributed by atoms with E-state index >= 15 is 0 Å². The van der Waals surface area contributed by atoms with E-state index in [9.17, 15) is 19.5 Å². The van der Waals surface area contributed by atoms with Crippen molar-refractivity contribution < 1.29 is 33.4 Å². The predicted octanol–water partition coefficient (Wildman–Crippen LogP) is 6.19. The van der Waals surface area contributed by atoms with Gasteiger partial charge < -0.3 is 29.6 Å². The number of fused-ring (bicyclic) bond motifs is 4. The van der Waals surface area contributed by atoms with Gasteiger partial charge in [-0.05, 0) is 60.4 Å². The zero-order chi connectivity index (χ0) is 35.6. The Hall–Kier alpha value is -4.96. The number of oxazole rings is 1. The standard InChI is InChI=1S/C40H43N3O7/c1-19(2)31-37-42-33(38(47)48-7)35(50-37)40-26-13-9-12-25(30-21(5)10-8-11-22(30)6)32(26)43-39(40)49-29-15-14-23(17-27(29)40)16-24(36(46)41-31)18-28(44)34(45)20(3)4/h8-15,17,19-20,24,31,34,39,43,45H,16,18H2,1-7H3,(H,41,46)/t24?,31-,34-,39-,40?/m0/s1. The van der Waals surface area contributed by atoms with Crippen LogP contribution in [-0.4, -0.2) is 47.2 Å². The Morgan fingerprint density at radius 2 is 1.74 bits per heavy atom. The molecule has 7 rings (SSSR count). The quantitative estimate of drug-likeness (QED) is 0.196. The molecule has 260 valence electrons. The molecular weight excluding hydrogens is 634 g/mol. The Bertz CT molecular complexity index is 2010. The number of para-hydroxylation sites is 1. The van der Waals surface area contributed by atoms with E-state index in [2.05, 4.69) is 42.7 Å². The molecule has 3 aliphatic rings. The van der Waals surface area contributed by atoms with Crippen LogP contribution in [0.1, 0.15) is 90.1 Å². The van der Waals surface area contributed by atoms with Crippen molar-refractivity contribution in [1.82, 2.24) is 10.3 Å². The lowest BCUT2D eigenvalue weighted by Gasteiger charge is -2.28. The second kappa shape index (κ2) is 12.4. The lowest BCUT2D eigenvalue weighted by atomic mass is 9.72. The molecule has 4 aromatic rings. The maximum Gasteiger partial charge on any atom is 0.360 e. The van der Waals surface area contributed by atoms with Gasteiger partial charge in [0.05, 0.1) is 7.11 Å². The summed E-state index contributed by atoms with van der Waals surface area (Å²) in [4.78, 5) is 45.6. The van der Waals surface area contributed by atoms with Gasteiger partial charge >= 0.3 is 5.97 Å². The first kappa shape index (κ1) is 33.5. The highest BCUT2D eigenvalue weighted by atomic mass is 16.5. The highest BCUT2D eigenvalue weighted by molar-refractivity contribution is 5.93. The molecule has 4 heterocycles. The summed E-state index contributed by atoms with van der Waals surface area (Å²) in [6.45, 7) is 11.6. The maximum absolute atomic E-state index is 14.0. The molecule has 5 atom stereocenters. The van der Waals surface area contributed by atoms with Gasteiger partial charge in [-0.3, -0.25) is 9.59 Å². The molecule has 1 spiro atoms. The second-order valence-corrected chi connectivity index (χ2v) is 14.5. The molecule has 2 unspecified atom stereocenters. The molecule has 10 heteroatoms. The number of aliphatic hydroxyl groups is 1. The average molecular weight is 678 g/mol. The molecule has 3 N–H and O–H groups in total. The van der Waals surface area contributed by atoms with Crippen molar-refractivity contribution in [2.45, 2.75) is 78.2 Å². The summed E-state index contributed by atoms with van der Waals surface area (Å²) >= 11 is 0. The molecule has 4 bridgehead atoms. The number of carbonyl (C=O) groups is 3. The van der Waals surface area contributed by atoms with E-state index in [1.165, 1.54) is 7.11 Å². The van der Waals surface area contributed by atoms with E-state index in [-0.39, 0.29) is 47.9 Å². The number of nitrogens with zero attached hydrogens (tertiary/aromatic N) is 1. The number of ketones is 1. The first-order valence-electron chi connectivity index (χ1n) is 17.2. The molecule has 10 nitrogen and oxygen atoms in total. The third-order valence-corrected chi connectivity index (χ3v) is 10.5. The van der Waals surface area contributed by atoms with Crippen LogP contribution in [0.2, 0.25) is 0 Å². The van der Waals surface area contributed by atoms with Crippen molar-refractivity contribution in [3.05, 3.63) is 99.8 Å². The number of methoxy groups -OCH3 is 1. The van der Waals surface area contributed by atoms with Crippen molar-refractivity contribution in [2.24, 2.45) is 17.8 Å². The summed E-state index contributed by atoms with van der Waals surface area (Å²) in [7, 11) is 1.30. The number of amides is 1. The molecule has 1 amide bonds. The van der Waals surface area contributed by atoms with Gasteiger partial charge in [0.1, 0.15) is 23.3 Å². The van der Waals surface area contributed by atoms with Crippen LogP contribution in [-0.2, 0) is 26.2 Å². The number of aromatic nitrogens is 1. The van der Waals surface area contributed by atoms with Gasteiger partial charge in [0.2, 0.25) is 11.8 Å². The number of nitrogens with one attached hydrogen (secondary N) is 2. The highest BCUT2D eigenvalue weighted by Gasteiger charge is 2.62. The highest BCUT2D eigenvalue weighted by Crippen LogP contribution is 2.60. The molecular formula is C40H43N3O7. The Kier molecular flexibility index (Phi) is 8.33. The normalized spacial score (nSPS) is 22.4. The van der Waals surface area contributed by atoms with Crippen LogP contribution in [0.5, 0.6) is 5.75 Å². The fourth-order valence-electron chi connectivity index (χ4n) is 7.91. The average Bonchev–Trinajstić information content (AvgIpc) is 3.75. The molecule has 0 saturated heterocycles. The summed E-state index contributed by atoms with van der Waals surface area (Å²) in [6, 6.07) is 17.3. The van der Waals surface area contributed by atoms with Crippen molar-refractivity contribution >= 4 is 23.3 Å². The summed E-state index contributed by atoms with van der Waals surface area (Å²) in [6.07, 6.45) is -1.82. The van der Waals surface area contributed by atoms with Gasteiger partial charge in [0, 0.05) is 34.7 Å². The van der Waals surface area contributed by atoms with Crippen LogP contribution < -0.4 is 15.4 Å². The van der Waals surface area contributed by atoms with Crippen LogP contribution in [0.25, 0.3) is 11.1 Å². The number of carbonyl (C=O) groups excluding carboxylic acids is 3.